The Hall–Kier alpha value is -2.39. The van der Waals surface area contributed by atoms with E-state index in [9.17, 15) is 4.39 Å². The molecule has 0 atom stereocenters. The second kappa shape index (κ2) is 7.24. The number of rotatable bonds is 3. The van der Waals surface area contributed by atoms with E-state index >= 15 is 0 Å². The number of halogens is 1. The van der Waals surface area contributed by atoms with Crippen LogP contribution in [0.25, 0.3) is 11.5 Å². The summed E-state index contributed by atoms with van der Waals surface area (Å²) < 4.78 is 24.4. The molecule has 9 heteroatoms. The lowest BCUT2D eigenvalue weighted by Crippen LogP contribution is -2.40. The second-order valence-electron chi connectivity index (χ2n) is 5.82. The van der Waals surface area contributed by atoms with E-state index < -0.39 is 0 Å². The van der Waals surface area contributed by atoms with Gasteiger partial charge in [0.15, 0.2) is 5.82 Å². The van der Waals surface area contributed by atoms with Crippen molar-refractivity contribution in [2.75, 3.05) is 62.4 Å². The number of morpholine rings is 2. The van der Waals surface area contributed by atoms with Crippen LogP contribution in [0.4, 0.5) is 16.3 Å². The maximum absolute atomic E-state index is 13.6. The highest BCUT2D eigenvalue weighted by atomic mass is 19.1. The smallest absolute Gasteiger partial charge is 0.230 e. The molecule has 4 heterocycles. The van der Waals surface area contributed by atoms with Crippen molar-refractivity contribution in [1.29, 1.82) is 0 Å². The summed E-state index contributed by atoms with van der Waals surface area (Å²) in [6.07, 6.45) is 1.41. The predicted molar refractivity (Wildman–Crippen MR) is 89.1 cm³/mol. The van der Waals surface area contributed by atoms with Crippen molar-refractivity contribution in [3.63, 3.8) is 0 Å². The number of pyridine rings is 1. The summed E-state index contributed by atoms with van der Waals surface area (Å²) in [4.78, 5) is 22.0. The molecule has 2 aromatic heterocycles. The van der Waals surface area contributed by atoms with Crippen LogP contribution < -0.4 is 9.80 Å². The quantitative estimate of drug-likeness (QED) is 0.806. The number of hydrogen-bond donors (Lipinski definition) is 0. The van der Waals surface area contributed by atoms with Crippen molar-refractivity contribution < 1.29 is 13.9 Å². The number of nitrogens with zero attached hydrogens (tertiary/aromatic N) is 6. The zero-order valence-corrected chi connectivity index (χ0v) is 13.8. The number of anilines is 2. The van der Waals surface area contributed by atoms with Gasteiger partial charge < -0.3 is 19.3 Å². The second-order valence-corrected chi connectivity index (χ2v) is 5.82. The number of aromatic nitrogens is 4. The van der Waals surface area contributed by atoms with Crippen molar-refractivity contribution >= 4 is 11.9 Å². The Kier molecular flexibility index (Phi) is 4.66. The fraction of sp³-hybridized carbons (Fsp3) is 0.500. The van der Waals surface area contributed by atoms with Crippen LogP contribution in [0.15, 0.2) is 18.3 Å². The van der Waals surface area contributed by atoms with E-state index in [-0.39, 0.29) is 5.82 Å². The van der Waals surface area contributed by atoms with Crippen LogP contribution in [0, 0.1) is 5.82 Å². The molecule has 2 aromatic rings. The summed E-state index contributed by atoms with van der Waals surface area (Å²) in [5, 5.41) is 0. The van der Waals surface area contributed by atoms with Crippen molar-refractivity contribution in [2.24, 2.45) is 0 Å². The lowest BCUT2D eigenvalue weighted by molar-refractivity contribution is 0.121. The molecule has 0 radical (unpaired) electrons. The van der Waals surface area contributed by atoms with Gasteiger partial charge >= 0.3 is 0 Å². The zero-order valence-electron chi connectivity index (χ0n) is 13.8. The molecule has 0 unspecified atom stereocenters. The Morgan fingerprint density at radius 1 is 0.840 bits per heavy atom. The van der Waals surface area contributed by atoms with E-state index in [4.69, 9.17) is 9.47 Å². The fourth-order valence-corrected chi connectivity index (χ4v) is 2.81. The monoisotopic (exact) mass is 346 g/mol. The Morgan fingerprint density at radius 2 is 1.40 bits per heavy atom. The molecule has 4 rings (SSSR count). The van der Waals surface area contributed by atoms with E-state index in [2.05, 4.69) is 29.7 Å². The van der Waals surface area contributed by atoms with E-state index in [1.165, 1.54) is 18.3 Å². The molecule has 2 aliphatic heterocycles. The van der Waals surface area contributed by atoms with Crippen LogP contribution in [0.5, 0.6) is 0 Å². The molecule has 2 fully saturated rings. The van der Waals surface area contributed by atoms with Gasteiger partial charge in [-0.3, -0.25) is 4.98 Å². The zero-order chi connectivity index (χ0) is 17.1. The summed E-state index contributed by atoms with van der Waals surface area (Å²) in [5.74, 6) is 1.14. The third-order valence-electron chi connectivity index (χ3n) is 4.15. The maximum atomic E-state index is 13.6. The van der Waals surface area contributed by atoms with Crippen LogP contribution in [0.3, 0.4) is 0 Å². The summed E-state index contributed by atoms with van der Waals surface area (Å²) in [7, 11) is 0. The molecule has 0 bridgehead atoms. The standard InChI is InChI=1S/C16H19FN6O2/c17-12-1-2-18-13(11-12)14-19-15(22-3-7-24-8-4-22)21-16(20-14)23-5-9-25-10-6-23/h1-2,11H,3-10H2. The molecule has 0 aliphatic carbocycles. The molecule has 25 heavy (non-hydrogen) atoms. The third kappa shape index (κ3) is 3.67. The predicted octanol–water partition coefficient (Wildman–Crippen LogP) is 0.746. The van der Waals surface area contributed by atoms with Crippen molar-refractivity contribution in [3.05, 3.63) is 24.1 Å². The van der Waals surface area contributed by atoms with Gasteiger partial charge in [0.25, 0.3) is 0 Å². The summed E-state index contributed by atoms with van der Waals surface area (Å²) in [6, 6.07) is 2.64. The van der Waals surface area contributed by atoms with Gasteiger partial charge in [0.2, 0.25) is 11.9 Å². The minimum atomic E-state index is -0.369. The van der Waals surface area contributed by atoms with Crippen LogP contribution in [-0.2, 0) is 9.47 Å². The lowest BCUT2D eigenvalue weighted by atomic mass is 10.3. The van der Waals surface area contributed by atoms with Gasteiger partial charge in [0.05, 0.1) is 26.4 Å². The van der Waals surface area contributed by atoms with Gasteiger partial charge in [0, 0.05) is 38.4 Å². The van der Waals surface area contributed by atoms with Crippen LogP contribution in [0.1, 0.15) is 0 Å². The normalized spacial score (nSPS) is 18.4. The molecule has 0 N–H and O–H groups in total. The highest BCUT2D eigenvalue weighted by Crippen LogP contribution is 2.21. The average molecular weight is 346 g/mol. The van der Waals surface area contributed by atoms with Gasteiger partial charge in [-0.25, -0.2) is 4.39 Å². The minimum absolute atomic E-state index is 0.369. The van der Waals surface area contributed by atoms with Gasteiger partial charge in [-0.15, -0.1) is 0 Å². The highest BCUT2D eigenvalue weighted by molar-refractivity contribution is 5.54. The van der Waals surface area contributed by atoms with Crippen molar-refractivity contribution in [3.8, 4) is 11.5 Å². The molecule has 0 spiro atoms. The van der Waals surface area contributed by atoms with Crippen LogP contribution >= 0.6 is 0 Å². The SMILES string of the molecule is Fc1ccnc(-c2nc(N3CCOCC3)nc(N3CCOCC3)n2)c1. The molecular formula is C16H19FN6O2. The van der Waals surface area contributed by atoms with Gasteiger partial charge in [0.1, 0.15) is 11.5 Å². The molecule has 0 amide bonds. The van der Waals surface area contributed by atoms with Crippen LogP contribution in [0.2, 0.25) is 0 Å². The van der Waals surface area contributed by atoms with Crippen LogP contribution in [-0.4, -0.2) is 72.5 Å². The molecule has 0 aromatic carbocycles. The van der Waals surface area contributed by atoms with E-state index in [1.807, 2.05) is 0 Å². The Morgan fingerprint density at radius 3 is 1.92 bits per heavy atom. The van der Waals surface area contributed by atoms with E-state index in [1.54, 1.807) is 0 Å². The lowest BCUT2D eigenvalue weighted by Gasteiger charge is -2.30. The molecule has 2 saturated heterocycles. The summed E-state index contributed by atoms with van der Waals surface area (Å²) in [6.45, 7) is 5.37. The first-order valence-corrected chi connectivity index (χ1v) is 8.33. The summed E-state index contributed by atoms with van der Waals surface area (Å²) in [5.41, 5.74) is 0.395. The largest absolute Gasteiger partial charge is 0.378 e. The van der Waals surface area contributed by atoms with Crippen molar-refractivity contribution in [1.82, 2.24) is 19.9 Å². The Bertz CT molecular complexity index is 698. The third-order valence-corrected chi connectivity index (χ3v) is 4.15. The molecule has 0 saturated carbocycles. The van der Waals surface area contributed by atoms with E-state index in [0.29, 0.717) is 76.0 Å². The fourth-order valence-electron chi connectivity index (χ4n) is 2.81. The molecule has 8 nitrogen and oxygen atoms in total. The topological polar surface area (TPSA) is 76.5 Å². The Balaban J connectivity index is 1.73. The first-order chi connectivity index (χ1) is 12.3. The number of hydrogen-bond acceptors (Lipinski definition) is 8. The molecule has 132 valence electrons. The number of ether oxygens (including phenoxy) is 2. The first kappa shape index (κ1) is 16.1. The maximum Gasteiger partial charge on any atom is 0.230 e. The molecule has 2 aliphatic rings. The average Bonchev–Trinajstić information content (AvgIpc) is 2.69. The Labute approximate surface area is 144 Å². The van der Waals surface area contributed by atoms with Gasteiger partial charge in [-0.1, -0.05) is 0 Å². The highest BCUT2D eigenvalue weighted by Gasteiger charge is 2.21. The first-order valence-electron chi connectivity index (χ1n) is 8.33. The van der Waals surface area contributed by atoms with Gasteiger partial charge in [-0.05, 0) is 6.07 Å². The van der Waals surface area contributed by atoms with E-state index in [0.717, 1.165) is 0 Å². The summed E-state index contributed by atoms with van der Waals surface area (Å²) >= 11 is 0. The van der Waals surface area contributed by atoms with Gasteiger partial charge in [-0.2, -0.15) is 15.0 Å². The minimum Gasteiger partial charge on any atom is -0.378 e. The van der Waals surface area contributed by atoms with Crippen molar-refractivity contribution in [2.45, 2.75) is 0 Å². The molecular weight excluding hydrogens is 327 g/mol.